The van der Waals surface area contributed by atoms with E-state index in [2.05, 4.69) is 18.8 Å². The first-order valence-electron chi connectivity index (χ1n) is 5.48. The Hall–Kier alpha value is -1.58. The van der Waals surface area contributed by atoms with Gasteiger partial charge in [-0.2, -0.15) is 0 Å². The first-order chi connectivity index (χ1) is 7.52. The van der Waals surface area contributed by atoms with Crippen molar-refractivity contribution < 1.29 is 4.79 Å². The van der Waals surface area contributed by atoms with Crippen molar-refractivity contribution in [1.82, 2.24) is 9.88 Å². The molecule has 0 bridgehead atoms. The Morgan fingerprint density at radius 1 is 1.56 bits per heavy atom. The van der Waals surface area contributed by atoms with E-state index in [-0.39, 0.29) is 5.91 Å². The van der Waals surface area contributed by atoms with Gasteiger partial charge in [-0.15, -0.1) is 0 Å². The normalized spacial score (nSPS) is 10.5. The van der Waals surface area contributed by atoms with E-state index in [1.54, 1.807) is 30.3 Å². The molecule has 16 heavy (non-hydrogen) atoms. The third-order valence-corrected chi connectivity index (χ3v) is 2.46. The number of carbonyl (C=O) groups excluding carboxylic acids is 1. The second-order valence-corrected chi connectivity index (χ2v) is 4.35. The molecule has 0 fully saturated rings. The second-order valence-electron chi connectivity index (χ2n) is 4.35. The second kappa shape index (κ2) is 5.49. The minimum absolute atomic E-state index is 0.0637. The van der Waals surface area contributed by atoms with Crippen LogP contribution in [0, 0.1) is 5.92 Å². The molecule has 88 valence electrons. The number of pyridine rings is 1. The summed E-state index contributed by atoms with van der Waals surface area (Å²) in [6.45, 7) is 5.01. The van der Waals surface area contributed by atoms with Crippen molar-refractivity contribution >= 4 is 11.7 Å². The number of rotatable bonds is 4. The number of nitrogen functional groups attached to an aromatic ring is 1. The lowest BCUT2D eigenvalue weighted by molar-refractivity contribution is 0.0790. The molecule has 2 N–H and O–H groups in total. The predicted octanol–water partition coefficient (Wildman–Crippen LogP) is 1.78. The first kappa shape index (κ1) is 12.5. The summed E-state index contributed by atoms with van der Waals surface area (Å²) in [5.41, 5.74) is 6.14. The molecule has 4 nitrogen and oxygen atoms in total. The van der Waals surface area contributed by atoms with Gasteiger partial charge < -0.3 is 10.6 Å². The van der Waals surface area contributed by atoms with Crippen molar-refractivity contribution in [3.05, 3.63) is 23.9 Å². The molecule has 1 rings (SSSR count). The van der Waals surface area contributed by atoms with Gasteiger partial charge >= 0.3 is 0 Å². The van der Waals surface area contributed by atoms with Crippen molar-refractivity contribution in [2.75, 3.05) is 19.3 Å². The third-order valence-electron chi connectivity index (χ3n) is 2.46. The summed E-state index contributed by atoms with van der Waals surface area (Å²) >= 11 is 0. The Kier molecular flexibility index (Phi) is 4.28. The van der Waals surface area contributed by atoms with Gasteiger partial charge in [-0.05, 0) is 24.5 Å². The fourth-order valence-corrected chi connectivity index (χ4v) is 1.36. The van der Waals surface area contributed by atoms with Crippen LogP contribution in [0.2, 0.25) is 0 Å². The zero-order valence-corrected chi connectivity index (χ0v) is 10.1. The van der Waals surface area contributed by atoms with Gasteiger partial charge in [-0.25, -0.2) is 4.98 Å². The van der Waals surface area contributed by atoms with E-state index in [0.29, 0.717) is 17.3 Å². The number of carbonyl (C=O) groups is 1. The third kappa shape index (κ3) is 3.22. The molecule has 4 heteroatoms. The summed E-state index contributed by atoms with van der Waals surface area (Å²) in [7, 11) is 1.79. The minimum atomic E-state index is -0.0637. The average Bonchev–Trinajstić information content (AvgIpc) is 2.25. The number of anilines is 1. The van der Waals surface area contributed by atoms with Gasteiger partial charge in [-0.3, -0.25) is 4.79 Å². The van der Waals surface area contributed by atoms with Crippen LogP contribution < -0.4 is 5.73 Å². The summed E-state index contributed by atoms with van der Waals surface area (Å²) < 4.78 is 0. The molecule has 0 aromatic carbocycles. The molecular weight excluding hydrogens is 202 g/mol. The molecule has 0 saturated heterocycles. The Bertz CT molecular complexity index is 363. The molecule has 0 saturated carbocycles. The molecule has 1 amide bonds. The number of hydrogen-bond acceptors (Lipinski definition) is 3. The van der Waals surface area contributed by atoms with Gasteiger partial charge in [0.15, 0.2) is 0 Å². The van der Waals surface area contributed by atoms with Gasteiger partial charge in [0.2, 0.25) is 0 Å². The molecule has 0 spiro atoms. The quantitative estimate of drug-likeness (QED) is 0.843. The summed E-state index contributed by atoms with van der Waals surface area (Å²) in [6.07, 6.45) is 2.57. The first-order valence-corrected chi connectivity index (χ1v) is 5.48. The number of aromatic nitrogens is 1. The van der Waals surface area contributed by atoms with Crippen LogP contribution in [0.15, 0.2) is 18.3 Å². The largest absolute Gasteiger partial charge is 0.383 e. The van der Waals surface area contributed by atoms with E-state index >= 15 is 0 Å². The zero-order chi connectivity index (χ0) is 12.1. The minimum Gasteiger partial charge on any atom is -0.383 e. The highest BCUT2D eigenvalue weighted by Crippen LogP contribution is 2.11. The average molecular weight is 221 g/mol. The number of amides is 1. The van der Waals surface area contributed by atoms with Gasteiger partial charge in [0, 0.05) is 19.8 Å². The lowest BCUT2D eigenvalue weighted by Gasteiger charge is -2.18. The van der Waals surface area contributed by atoms with E-state index < -0.39 is 0 Å². The van der Waals surface area contributed by atoms with Crippen LogP contribution in [0.3, 0.4) is 0 Å². The summed E-state index contributed by atoms with van der Waals surface area (Å²) in [6, 6.07) is 3.43. The molecule has 1 heterocycles. The lowest BCUT2D eigenvalue weighted by Crippen LogP contribution is -2.29. The van der Waals surface area contributed by atoms with Crippen LogP contribution in [-0.2, 0) is 0 Å². The van der Waals surface area contributed by atoms with Crippen molar-refractivity contribution in [2.45, 2.75) is 20.3 Å². The summed E-state index contributed by atoms with van der Waals surface area (Å²) in [4.78, 5) is 17.6. The van der Waals surface area contributed by atoms with Gasteiger partial charge in [0.05, 0.1) is 5.56 Å². The highest BCUT2D eigenvalue weighted by molar-refractivity contribution is 5.98. The molecule has 1 aromatic rings. The Labute approximate surface area is 96.5 Å². The Balaban J connectivity index is 2.67. The van der Waals surface area contributed by atoms with Gasteiger partial charge in [0.1, 0.15) is 5.82 Å². The molecule has 0 radical (unpaired) electrons. The van der Waals surface area contributed by atoms with E-state index in [4.69, 9.17) is 5.73 Å². The van der Waals surface area contributed by atoms with Crippen LogP contribution in [0.5, 0.6) is 0 Å². The fraction of sp³-hybridized carbons (Fsp3) is 0.500. The summed E-state index contributed by atoms with van der Waals surface area (Å²) in [5, 5.41) is 0. The Morgan fingerprint density at radius 2 is 2.25 bits per heavy atom. The maximum atomic E-state index is 12.0. The molecular formula is C12H19N3O. The zero-order valence-electron chi connectivity index (χ0n) is 10.1. The molecule has 0 aliphatic rings. The number of nitrogens with two attached hydrogens (primary N) is 1. The molecule has 0 aliphatic carbocycles. The van der Waals surface area contributed by atoms with Crippen LogP contribution in [-0.4, -0.2) is 29.4 Å². The van der Waals surface area contributed by atoms with Crippen molar-refractivity contribution in [3.8, 4) is 0 Å². The smallest absolute Gasteiger partial charge is 0.257 e. The number of nitrogens with zero attached hydrogens (tertiary/aromatic N) is 2. The molecule has 0 atom stereocenters. The van der Waals surface area contributed by atoms with E-state index in [1.807, 2.05) is 0 Å². The number of hydrogen-bond donors (Lipinski definition) is 1. The fourth-order valence-electron chi connectivity index (χ4n) is 1.36. The topological polar surface area (TPSA) is 59.2 Å². The van der Waals surface area contributed by atoms with Gasteiger partial charge in [0.25, 0.3) is 5.91 Å². The maximum Gasteiger partial charge on any atom is 0.257 e. The standard InChI is InChI=1S/C12H19N3O/c1-9(2)6-8-15(3)12(16)10-5-4-7-14-11(10)13/h4-5,7,9H,6,8H2,1-3H3,(H2,13,14). The maximum absolute atomic E-state index is 12.0. The Morgan fingerprint density at radius 3 is 2.81 bits per heavy atom. The van der Waals surface area contributed by atoms with Crippen LogP contribution >= 0.6 is 0 Å². The molecule has 0 aliphatic heterocycles. The lowest BCUT2D eigenvalue weighted by atomic mass is 10.1. The highest BCUT2D eigenvalue weighted by Gasteiger charge is 2.14. The summed E-state index contributed by atoms with van der Waals surface area (Å²) in [5.74, 6) is 0.816. The molecule has 0 unspecified atom stereocenters. The predicted molar refractivity (Wildman–Crippen MR) is 65.1 cm³/mol. The van der Waals surface area contributed by atoms with Crippen LogP contribution in [0.25, 0.3) is 0 Å². The van der Waals surface area contributed by atoms with Gasteiger partial charge in [-0.1, -0.05) is 13.8 Å². The van der Waals surface area contributed by atoms with E-state index in [0.717, 1.165) is 13.0 Å². The molecule has 1 aromatic heterocycles. The van der Waals surface area contributed by atoms with Crippen molar-refractivity contribution in [2.24, 2.45) is 5.92 Å². The van der Waals surface area contributed by atoms with Crippen LogP contribution in [0.4, 0.5) is 5.82 Å². The highest BCUT2D eigenvalue weighted by atomic mass is 16.2. The van der Waals surface area contributed by atoms with Crippen molar-refractivity contribution in [3.63, 3.8) is 0 Å². The van der Waals surface area contributed by atoms with E-state index in [1.165, 1.54) is 0 Å². The van der Waals surface area contributed by atoms with Crippen LogP contribution in [0.1, 0.15) is 30.6 Å². The van der Waals surface area contributed by atoms with E-state index in [9.17, 15) is 4.79 Å². The van der Waals surface area contributed by atoms with Crippen molar-refractivity contribution in [1.29, 1.82) is 0 Å². The SMILES string of the molecule is CC(C)CCN(C)C(=O)c1cccnc1N. The monoisotopic (exact) mass is 221 g/mol.